The number of hydrogen-bond donors (Lipinski definition) is 3. The minimum absolute atomic E-state index is 0.0370. The van der Waals surface area contributed by atoms with Gasteiger partial charge in [0.15, 0.2) is 5.71 Å². The predicted molar refractivity (Wildman–Crippen MR) is 116 cm³/mol. The van der Waals surface area contributed by atoms with Gasteiger partial charge in [-0.3, -0.25) is 0 Å². The van der Waals surface area contributed by atoms with Gasteiger partial charge in [0.2, 0.25) is 5.69 Å². The van der Waals surface area contributed by atoms with Crippen LogP contribution in [0.4, 0.5) is 11.4 Å². The van der Waals surface area contributed by atoms with Gasteiger partial charge < -0.3 is 20.3 Å². The van der Waals surface area contributed by atoms with Gasteiger partial charge in [0.05, 0.1) is 18.7 Å². The summed E-state index contributed by atoms with van der Waals surface area (Å²) in [4.78, 5) is 3.54. The number of para-hydroxylation sites is 2. The molecule has 0 aromatic heterocycles. The number of aliphatic hydroxyl groups is 1. The maximum Gasteiger partial charge on any atom is 0.227 e. The van der Waals surface area contributed by atoms with Crippen molar-refractivity contribution in [1.82, 2.24) is 0 Å². The summed E-state index contributed by atoms with van der Waals surface area (Å²) < 4.78 is 5.90. The molecule has 0 radical (unpaired) electrons. The van der Waals surface area contributed by atoms with E-state index in [-0.39, 0.29) is 17.2 Å². The quantitative estimate of drug-likeness (QED) is 0.565. The molecule has 2 aromatic carbocycles. The lowest BCUT2D eigenvalue weighted by Gasteiger charge is -2.32. The van der Waals surface area contributed by atoms with Crippen molar-refractivity contribution in [2.45, 2.75) is 32.7 Å². The first-order valence-electron chi connectivity index (χ1n) is 9.24. The summed E-state index contributed by atoms with van der Waals surface area (Å²) in [6.07, 6.45) is 1.43. The number of ether oxygens (including phenoxy) is 1. The topological polar surface area (TPSA) is 78.5 Å². The van der Waals surface area contributed by atoms with E-state index >= 15 is 0 Å². The van der Waals surface area contributed by atoms with Crippen molar-refractivity contribution >= 4 is 39.7 Å². The predicted octanol–water partition coefficient (Wildman–Crippen LogP) is 3.33. The highest BCUT2D eigenvalue weighted by atomic mass is 127. The molecule has 4 rings (SSSR count). The Balaban J connectivity index is 1.94. The molecule has 2 aromatic rings. The van der Waals surface area contributed by atoms with Gasteiger partial charge in [-0.25, -0.2) is 4.99 Å². The summed E-state index contributed by atoms with van der Waals surface area (Å²) in [5.74, 6) is 0.572. The monoisotopic (exact) mass is 490 g/mol. The van der Waals surface area contributed by atoms with E-state index in [1.54, 1.807) is 6.07 Å². The number of rotatable bonds is 2. The molecule has 2 aliphatic rings. The van der Waals surface area contributed by atoms with E-state index in [2.05, 4.69) is 24.2 Å². The maximum atomic E-state index is 12.3. The number of methoxy groups -OCH3 is 1. The number of fused-ring (bicyclic) bond motifs is 2. The van der Waals surface area contributed by atoms with E-state index in [4.69, 9.17) is 4.74 Å². The average molecular weight is 490 g/mol. The Hall–Kier alpha value is -2.22. The summed E-state index contributed by atoms with van der Waals surface area (Å²) in [5, 5.41) is 26.9. The smallest absolute Gasteiger partial charge is 0.227 e. The third kappa shape index (κ3) is 3.34. The molecular formula is C22H23IN2O3. The van der Waals surface area contributed by atoms with Crippen LogP contribution in [-0.4, -0.2) is 17.9 Å². The zero-order valence-corrected chi connectivity index (χ0v) is 18.3. The third-order valence-corrected chi connectivity index (χ3v) is 6.12. The largest absolute Gasteiger partial charge is 0.869 e. The molecule has 3 N–H and O–H groups in total. The Bertz CT molecular complexity index is 1010. The van der Waals surface area contributed by atoms with Crippen molar-refractivity contribution in [2.24, 2.45) is 5.41 Å². The van der Waals surface area contributed by atoms with Gasteiger partial charge in [-0.15, -0.1) is 0 Å². The normalized spacial score (nSPS) is 20.4. The fraction of sp³-hybridized carbons (Fsp3) is 0.318. The van der Waals surface area contributed by atoms with Crippen molar-refractivity contribution in [1.29, 1.82) is 0 Å². The Morgan fingerprint density at radius 3 is 2.75 bits per heavy atom. The molecule has 1 atom stereocenters. The second-order valence-electron chi connectivity index (χ2n) is 8.14. The molecular weight excluding hydrogens is 467 g/mol. The van der Waals surface area contributed by atoms with Crippen molar-refractivity contribution in [3.8, 4) is 11.5 Å². The molecule has 1 heterocycles. The highest BCUT2D eigenvalue weighted by molar-refractivity contribution is 14.1. The van der Waals surface area contributed by atoms with Crippen LogP contribution in [0, 0.1) is 8.99 Å². The summed E-state index contributed by atoms with van der Waals surface area (Å²) >= 11 is 2.04. The van der Waals surface area contributed by atoms with Gasteiger partial charge in [0.25, 0.3) is 0 Å². The molecule has 1 aliphatic carbocycles. The van der Waals surface area contributed by atoms with Crippen LogP contribution >= 0.6 is 22.6 Å². The van der Waals surface area contributed by atoms with E-state index in [0.29, 0.717) is 21.5 Å². The van der Waals surface area contributed by atoms with Crippen LogP contribution in [0.25, 0.3) is 0 Å². The van der Waals surface area contributed by atoms with E-state index in [0.717, 1.165) is 34.6 Å². The molecule has 1 unspecified atom stereocenters. The Morgan fingerprint density at radius 2 is 2.00 bits per heavy atom. The molecule has 0 saturated carbocycles. The molecule has 0 bridgehead atoms. The molecule has 0 spiro atoms. The highest BCUT2D eigenvalue weighted by Gasteiger charge is 2.41. The van der Waals surface area contributed by atoms with Crippen LogP contribution in [0.3, 0.4) is 0 Å². The van der Waals surface area contributed by atoms with Gasteiger partial charge in [-0.1, -0.05) is 31.7 Å². The van der Waals surface area contributed by atoms with Crippen molar-refractivity contribution < 1.29 is 19.9 Å². The lowest BCUT2D eigenvalue weighted by atomic mass is 9.74. The fourth-order valence-electron chi connectivity index (χ4n) is 4.08. The van der Waals surface area contributed by atoms with Crippen molar-refractivity contribution in [3.63, 3.8) is 0 Å². The van der Waals surface area contributed by atoms with E-state index < -0.39 is 0 Å². The number of allylic oxidation sites excluding steroid dienone is 1. The van der Waals surface area contributed by atoms with E-state index in [1.807, 2.05) is 52.9 Å². The molecule has 0 saturated heterocycles. The number of aliphatic hydroxyl groups excluding tert-OH is 1. The van der Waals surface area contributed by atoms with Gasteiger partial charge in [-0.2, -0.15) is 0 Å². The van der Waals surface area contributed by atoms with Crippen LogP contribution in [0.5, 0.6) is 11.5 Å². The lowest BCUT2D eigenvalue weighted by molar-refractivity contribution is -0.354. The molecule has 0 amide bonds. The Kier molecular flexibility index (Phi) is 4.77. The maximum absolute atomic E-state index is 12.3. The van der Waals surface area contributed by atoms with Gasteiger partial charge >= 0.3 is 0 Å². The summed E-state index contributed by atoms with van der Waals surface area (Å²) in [5.41, 5.74) is 4.64. The first-order valence-corrected chi connectivity index (χ1v) is 10.3. The van der Waals surface area contributed by atoms with Crippen LogP contribution in [0.2, 0.25) is 0 Å². The number of anilines is 1. The Morgan fingerprint density at radius 1 is 1.25 bits per heavy atom. The minimum Gasteiger partial charge on any atom is -0.869 e. The second-order valence-corrected chi connectivity index (χ2v) is 9.30. The molecule has 28 heavy (non-hydrogen) atoms. The van der Waals surface area contributed by atoms with Crippen LogP contribution in [0.1, 0.15) is 38.3 Å². The van der Waals surface area contributed by atoms with Crippen LogP contribution < -0.4 is 20.2 Å². The third-order valence-electron chi connectivity index (χ3n) is 5.32. The minimum atomic E-state index is -0.287. The number of halogens is 1. The van der Waals surface area contributed by atoms with E-state index in [9.17, 15) is 10.2 Å². The van der Waals surface area contributed by atoms with Crippen LogP contribution in [0.15, 0.2) is 47.7 Å². The van der Waals surface area contributed by atoms with E-state index in [1.165, 1.54) is 7.11 Å². The molecule has 5 nitrogen and oxygen atoms in total. The summed E-state index contributed by atoms with van der Waals surface area (Å²) in [7, 11) is 1.51. The summed E-state index contributed by atoms with van der Waals surface area (Å²) in [6, 6.07) is 11.4. The Labute approximate surface area is 178 Å². The fourth-order valence-corrected chi connectivity index (χ4v) is 4.70. The van der Waals surface area contributed by atoms with Gasteiger partial charge in [0.1, 0.15) is 17.2 Å². The second kappa shape index (κ2) is 6.99. The SMILES string of the molecule is COc1cc(C2Nc3ccccc3[NH+]=C3CC(C)(C)CC(O)=C32)cc(I)c1[O-]. The highest BCUT2D eigenvalue weighted by Crippen LogP contribution is 2.43. The van der Waals surface area contributed by atoms with Crippen LogP contribution in [-0.2, 0) is 0 Å². The standard InChI is InChI=1S/C22H23IN2O3/c1-22(2)10-16-19(17(26)11-22)20(25-15-7-5-4-6-14(15)24-16)12-8-13(23)21(27)18(9-12)28-3/h4-9,20,25-27H,10-11H2,1-3H3. The van der Waals surface area contributed by atoms with Crippen molar-refractivity contribution in [2.75, 3.05) is 12.4 Å². The molecule has 6 heteroatoms. The number of benzene rings is 2. The zero-order valence-electron chi connectivity index (χ0n) is 16.1. The molecule has 146 valence electrons. The van der Waals surface area contributed by atoms with Crippen molar-refractivity contribution in [3.05, 3.63) is 56.9 Å². The molecule has 1 aliphatic heterocycles. The van der Waals surface area contributed by atoms with Gasteiger partial charge in [-0.05, 0) is 51.8 Å². The molecule has 0 fully saturated rings. The van der Waals surface area contributed by atoms with Gasteiger partial charge in [0, 0.05) is 22.5 Å². The first kappa shape index (κ1) is 19.1. The number of hydrogen-bond acceptors (Lipinski definition) is 4. The number of nitrogens with one attached hydrogen (secondary N) is 2. The lowest BCUT2D eigenvalue weighted by Crippen LogP contribution is -2.67. The summed E-state index contributed by atoms with van der Waals surface area (Å²) in [6.45, 7) is 4.32. The first-order chi connectivity index (χ1) is 13.3. The zero-order chi connectivity index (χ0) is 20.1. The average Bonchev–Trinajstić information content (AvgIpc) is 2.79.